The standard InChI is InChI=1S/C68H106O6/c1-4-7-10-13-16-19-21-23-25-27-29-30-31-32-33-34-35-36-37-38-40-41-43-45-47-49-52-55-58-61-67(70)73-64-65(63-72-66(69)60-57-54-51-18-15-12-9-6-3)74-68(71)62-59-56-53-50-48-46-44-42-39-28-26-24-22-20-17-14-11-8-5-2/h7-8,10-11,16-17,19-20,23-26,29-30,32-33,35-36,38-40,42-43,45-46,48,65H,4-6,9,12-15,18,21-22,27-28,31,34,37,41,44,47,49-64H2,1-3H3/b10-7-,11-8-,19-16-,20-17-,25-23-,26-24-,30-29-,33-32-,36-35-,40-38-,42-39-,45-43-,48-46-. The molecular weight excluding hydrogens is 913 g/mol. The third-order valence-electron chi connectivity index (χ3n) is 11.8. The minimum absolute atomic E-state index is 0.105. The Bertz CT molecular complexity index is 1690. The number of hydrogen-bond acceptors (Lipinski definition) is 6. The van der Waals surface area contributed by atoms with Crippen molar-refractivity contribution in [1.29, 1.82) is 0 Å². The van der Waals surface area contributed by atoms with Crippen LogP contribution < -0.4 is 0 Å². The quantitative estimate of drug-likeness (QED) is 0.0261. The Labute approximate surface area is 454 Å². The molecule has 0 saturated heterocycles. The van der Waals surface area contributed by atoms with Crippen LogP contribution in [0.25, 0.3) is 0 Å². The van der Waals surface area contributed by atoms with Crippen molar-refractivity contribution >= 4 is 17.9 Å². The lowest BCUT2D eigenvalue weighted by Crippen LogP contribution is -2.30. The number of carbonyl (C=O) groups excluding carboxylic acids is 3. The van der Waals surface area contributed by atoms with Gasteiger partial charge in [-0.3, -0.25) is 14.4 Å². The van der Waals surface area contributed by atoms with Gasteiger partial charge < -0.3 is 14.2 Å². The lowest BCUT2D eigenvalue weighted by molar-refractivity contribution is -0.167. The molecule has 0 aliphatic rings. The molecule has 0 saturated carbocycles. The Morgan fingerprint density at radius 1 is 0.284 bits per heavy atom. The number of esters is 3. The van der Waals surface area contributed by atoms with Crippen LogP contribution in [0.2, 0.25) is 0 Å². The van der Waals surface area contributed by atoms with Crippen molar-refractivity contribution in [2.75, 3.05) is 13.2 Å². The van der Waals surface area contributed by atoms with E-state index in [1.807, 2.05) is 0 Å². The van der Waals surface area contributed by atoms with Crippen LogP contribution in [0.1, 0.15) is 233 Å². The van der Waals surface area contributed by atoms with Crippen molar-refractivity contribution in [3.05, 3.63) is 158 Å². The fourth-order valence-corrected chi connectivity index (χ4v) is 7.42. The van der Waals surface area contributed by atoms with Gasteiger partial charge in [0, 0.05) is 19.3 Å². The molecule has 6 heteroatoms. The van der Waals surface area contributed by atoms with Gasteiger partial charge in [0.15, 0.2) is 6.10 Å². The predicted molar refractivity (Wildman–Crippen MR) is 320 cm³/mol. The van der Waals surface area contributed by atoms with Gasteiger partial charge >= 0.3 is 17.9 Å². The molecule has 1 unspecified atom stereocenters. The van der Waals surface area contributed by atoms with Crippen LogP contribution in [0.5, 0.6) is 0 Å². The highest BCUT2D eigenvalue weighted by Crippen LogP contribution is 2.13. The summed E-state index contributed by atoms with van der Waals surface area (Å²) in [5.41, 5.74) is 0. The first-order chi connectivity index (χ1) is 36.5. The molecular formula is C68H106O6. The fourth-order valence-electron chi connectivity index (χ4n) is 7.42. The summed E-state index contributed by atoms with van der Waals surface area (Å²) in [6.45, 7) is 6.31. The van der Waals surface area contributed by atoms with Crippen LogP contribution in [-0.4, -0.2) is 37.2 Å². The van der Waals surface area contributed by atoms with E-state index in [0.29, 0.717) is 19.3 Å². The number of rotatable bonds is 51. The Morgan fingerprint density at radius 3 is 0.838 bits per heavy atom. The molecule has 0 N–H and O–H groups in total. The molecule has 0 aromatic rings. The van der Waals surface area contributed by atoms with Gasteiger partial charge in [-0.05, 0) is 128 Å². The van der Waals surface area contributed by atoms with Crippen molar-refractivity contribution < 1.29 is 28.6 Å². The molecule has 414 valence electrons. The normalized spacial score (nSPS) is 13.3. The first-order valence-corrected chi connectivity index (χ1v) is 29.5. The average Bonchev–Trinajstić information content (AvgIpc) is 3.40. The van der Waals surface area contributed by atoms with Crippen molar-refractivity contribution in [3.63, 3.8) is 0 Å². The second-order valence-corrected chi connectivity index (χ2v) is 18.8. The maximum absolute atomic E-state index is 12.8. The minimum Gasteiger partial charge on any atom is -0.462 e. The molecule has 0 heterocycles. The molecule has 1 atom stereocenters. The highest BCUT2D eigenvalue weighted by atomic mass is 16.6. The zero-order chi connectivity index (χ0) is 53.6. The fraction of sp³-hybridized carbons (Fsp3) is 0.574. The second kappa shape index (κ2) is 60.6. The summed E-state index contributed by atoms with van der Waals surface area (Å²) in [5, 5.41) is 0. The van der Waals surface area contributed by atoms with Gasteiger partial charge in [-0.25, -0.2) is 0 Å². The molecule has 0 aliphatic heterocycles. The summed E-state index contributed by atoms with van der Waals surface area (Å²) in [5.74, 6) is -0.977. The van der Waals surface area contributed by atoms with E-state index in [2.05, 4.69) is 179 Å². The van der Waals surface area contributed by atoms with Gasteiger partial charge in [-0.1, -0.05) is 243 Å². The summed E-state index contributed by atoms with van der Waals surface area (Å²) < 4.78 is 16.8. The van der Waals surface area contributed by atoms with E-state index in [4.69, 9.17) is 14.2 Å². The van der Waals surface area contributed by atoms with Gasteiger partial charge in [0.25, 0.3) is 0 Å². The number of allylic oxidation sites excluding steroid dienone is 26. The topological polar surface area (TPSA) is 78.9 Å². The van der Waals surface area contributed by atoms with Crippen LogP contribution in [0.3, 0.4) is 0 Å². The SMILES string of the molecule is CC/C=C\C/C=C\C/C=C\C/C=C\C/C=C\C/C=C\C/C=C\C/C=C\CCCCCCC(=O)OCC(COC(=O)CCCCCCCCCC)OC(=O)CCCCC/C=C\C/C=C\C/C=C\C/C=C\C/C=C\CC. The van der Waals surface area contributed by atoms with Gasteiger partial charge in [0.2, 0.25) is 0 Å². The Hall–Kier alpha value is -4.97. The molecule has 6 nitrogen and oxygen atoms in total. The molecule has 0 aliphatic carbocycles. The Morgan fingerprint density at radius 2 is 0.527 bits per heavy atom. The van der Waals surface area contributed by atoms with Crippen molar-refractivity contribution in [2.45, 2.75) is 239 Å². The number of hydrogen-bond donors (Lipinski definition) is 0. The summed E-state index contributed by atoms with van der Waals surface area (Å²) in [7, 11) is 0. The first kappa shape index (κ1) is 69.0. The van der Waals surface area contributed by atoms with Crippen LogP contribution in [0.4, 0.5) is 0 Å². The molecule has 0 fully saturated rings. The minimum atomic E-state index is -0.812. The van der Waals surface area contributed by atoms with Gasteiger partial charge in [-0.2, -0.15) is 0 Å². The third-order valence-corrected chi connectivity index (χ3v) is 11.8. The van der Waals surface area contributed by atoms with E-state index in [-0.39, 0.29) is 37.5 Å². The zero-order valence-corrected chi connectivity index (χ0v) is 47.3. The monoisotopic (exact) mass is 1020 g/mol. The molecule has 0 aromatic heterocycles. The van der Waals surface area contributed by atoms with E-state index >= 15 is 0 Å². The number of unbranched alkanes of at least 4 members (excludes halogenated alkanes) is 14. The summed E-state index contributed by atoms with van der Waals surface area (Å²) in [4.78, 5) is 38.0. The maximum atomic E-state index is 12.8. The van der Waals surface area contributed by atoms with Gasteiger partial charge in [0.05, 0.1) is 0 Å². The molecule has 0 amide bonds. The summed E-state index contributed by atoms with van der Waals surface area (Å²) in [6.07, 6.45) is 88.2. The van der Waals surface area contributed by atoms with Crippen LogP contribution in [0, 0.1) is 0 Å². The largest absolute Gasteiger partial charge is 0.462 e. The van der Waals surface area contributed by atoms with Crippen molar-refractivity contribution in [2.24, 2.45) is 0 Å². The second-order valence-electron chi connectivity index (χ2n) is 18.8. The maximum Gasteiger partial charge on any atom is 0.306 e. The lowest BCUT2D eigenvalue weighted by atomic mass is 10.1. The van der Waals surface area contributed by atoms with Crippen LogP contribution in [0.15, 0.2) is 158 Å². The summed E-state index contributed by atoms with van der Waals surface area (Å²) in [6, 6.07) is 0. The molecule has 74 heavy (non-hydrogen) atoms. The zero-order valence-electron chi connectivity index (χ0n) is 47.3. The molecule has 0 aromatic carbocycles. The highest BCUT2D eigenvalue weighted by Gasteiger charge is 2.19. The van der Waals surface area contributed by atoms with Gasteiger partial charge in [0.1, 0.15) is 13.2 Å². The average molecular weight is 1020 g/mol. The first-order valence-electron chi connectivity index (χ1n) is 29.5. The van der Waals surface area contributed by atoms with Crippen LogP contribution in [-0.2, 0) is 28.6 Å². The van der Waals surface area contributed by atoms with Crippen LogP contribution >= 0.6 is 0 Å². The van der Waals surface area contributed by atoms with Crippen molar-refractivity contribution in [1.82, 2.24) is 0 Å². The molecule has 0 rings (SSSR count). The molecule has 0 spiro atoms. The third kappa shape index (κ3) is 57.9. The van der Waals surface area contributed by atoms with Gasteiger partial charge in [-0.15, -0.1) is 0 Å². The lowest BCUT2D eigenvalue weighted by Gasteiger charge is -2.18. The summed E-state index contributed by atoms with van der Waals surface area (Å²) >= 11 is 0. The molecule has 0 radical (unpaired) electrons. The smallest absolute Gasteiger partial charge is 0.306 e. The highest BCUT2D eigenvalue weighted by molar-refractivity contribution is 5.71. The number of carbonyl (C=O) groups is 3. The van der Waals surface area contributed by atoms with Crippen molar-refractivity contribution in [3.8, 4) is 0 Å². The predicted octanol–water partition coefficient (Wildman–Crippen LogP) is 20.1. The molecule has 0 bridgehead atoms. The number of ether oxygens (including phenoxy) is 3. The van der Waals surface area contributed by atoms with E-state index in [0.717, 1.165) is 154 Å². The van der Waals surface area contributed by atoms with E-state index < -0.39 is 6.10 Å². The van der Waals surface area contributed by atoms with E-state index in [1.54, 1.807) is 0 Å². The van der Waals surface area contributed by atoms with E-state index in [9.17, 15) is 14.4 Å². The van der Waals surface area contributed by atoms with E-state index in [1.165, 1.54) is 32.1 Å². The Kier molecular flexibility index (Phi) is 56.5. The Balaban J connectivity index is 4.36.